The molecule has 1 amide bonds. The molecule has 4 nitrogen and oxygen atoms in total. The van der Waals surface area contributed by atoms with Gasteiger partial charge >= 0.3 is 0 Å². The highest BCUT2D eigenvalue weighted by atomic mass is 32.1. The van der Waals surface area contributed by atoms with Crippen molar-refractivity contribution in [1.82, 2.24) is 10.3 Å². The van der Waals surface area contributed by atoms with Crippen molar-refractivity contribution in [2.75, 3.05) is 18.4 Å². The number of benzene rings is 1. The number of fused-ring (bicyclic) bond motifs is 1. The van der Waals surface area contributed by atoms with Gasteiger partial charge in [-0.1, -0.05) is 0 Å². The number of anilines is 1. The lowest BCUT2D eigenvalue weighted by Crippen LogP contribution is -2.26. The average Bonchev–Trinajstić information content (AvgIpc) is 3.00. The van der Waals surface area contributed by atoms with Crippen LogP contribution < -0.4 is 10.6 Å². The Hall–Kier alpha value is -1.88. The summed E-state index contributed by atoms with van der Waals surface area (Å²) in [7, 11) is 0. The molecular formula is C15H17N3OS. The van der Waals surface area contributed by atoms with Crippen molar-refractivity contribution < 1.29 is 4.79 Å². The minimum atomic E-state index is -0.00469. The van der Waals surface area contributed by atoms with Gasteiger partial charge in [0.05, 0.1) is 5.01 Å². The summed E-state index contributed by atoms with van der Waals surface area (Å²) >= 11 is 1.62. The summed E-state index contributed by atoms with van der Waals surface area (Å²) in [4.78, 5) is 16.3. The summed E-state index contributed by atoms with van der Waals surface area (Å²) in [5, 5.41) is 9.31. The van der Waals surface area contributed by atoms with Crippen LogP contribution in [-0.4, -0.2) is 24.0 Å². The van der Waals surface area contributed by atoms with E-state index >= 15 is 0 Å². The van der Waals surface area contributed by atoms with E-state index in [9.17, 15) is 4.79 Å². The van der Waals surface area contributed by atoms with Gasteiger partial charge in [0.15, 0.2) is 0 Å². The zero-order valence-corrected chi connectivity index (χ0v) is 12.0. The first-order chi connectivity index (χ1) is 9.83. The third kappa shape index (κ3) is 2.99. The van der Waals surface area contributed by atoms with E-state index in [-0.39, 0.29) is 5.91 Å². The van der Waals surface area contributed by atoms with E-state index in [0.717, 1.165) is 42.1 Å². The molecule has 0 atom stereocenters. The van der Waals surface area contributed by atoms with Crippen molar-refractivity contribution in [3.63, 3.8) is 0 Å². The fourth-order valence-corrected chi connectivity index (χ4v) is 3.00. The Morgan fingerprint density at radius 2 is 2.40 bits per heavy atom. The molecule has 1 aromatic carbocycles. The van der Waals surface area contributed by atoms with Gasteiger partial charge in [0.1, 0.15) is 0 Å². The maximum absolute atomic E-state index is 12.1. The number of rotatable bonds is 4. The first-order valence-corrected chi connectivity index (χ1v) is 7.74. The van der Waals surface area contributed by atoms with E-state index in [4.69, 9.17) is 0 Å². The van der Waals surface area contributed by atoms with Gasteiger partial charge in [-0.25, -0.2) is 4.98 Å². The zero-order chi connectivity index (χ0) is 13.8. The molecule has 0 saturated carbocycles. The van der Waals surface area contributed by atoms with Crippen LogP contribution >= 0.6 is 11.3 Å². The Balaban J connectivity index is 1.59. The number of thiazole rings is 1. The summed E-state index contributed by atoms with van der Waals surface area (Å²) in [5.41, 5.74) is 3.14. The number of amides is 1. The first kappa shape index (κ1) is 13.1. The van der Waals surface area contributed by atoms with E-state index in [2.05, 4.69) is 15.6 Å². The predicted molar refractivity (Wildman–Crippen MR) is 81.4 cm³/mol. The minimum Gasteiger partial charge on any atom is -0.385 e. The lowest BCUT2D eigenvalue weighted by atomic mass is 10.0. The Morgan fingerprint density at radius 1 is 1.45 bits per heavy atom. The normalized spacial score (nSPS) is 13.4. The Kier molecular flexibility index (Phi) is 3.97. The SMILES string of the molecule is O=C(NCCc1nccs1)c1ccc2c(c1)CCCN2. The molecule has 0 fully saturated rings. The second kappa shape index (κ2) is 6.05. The standard InChI is InChI=1S/C15H17N3OS/c19-15(18-7-5-14-17-8-9-20-14)12-3-4-13-11(10-12)2-1-6-16-13/h3-4,8-10,16H,1-2,5-7H2,(H,18,19). The second-order valence-electron chi connectivity index (χ2n) is 4.83. The molecule has 0 radical (unpaired) electrons. The van der Waals surface area contributed by atoms with E-state index in [0.29, 0.717) is 6.54 Å². The summed E-state index contributed by atoms with van der Waals surface area (Å²) in [6, 6.07) is 5.89. The molecule has 1 aliphatic rings. The van der Waals surface area contributed by atoms with Crippen LogP contribution in [0.15, 0.2) is 29.8 Å². The van der Waals surface area contributed by atoms with Crippen molar-refractivity contribution in [1.29, 1.82) is 0 Å². The van der Waals surface area contributed by atoms with Gasteiger partial charge in [-0.3, -0.25) is 4.79 Å². The first-order valence-electron chi connectivity index (χ1n) is 6.86. The van der Waals surface area contributed by atoms with Gasteiger partial charge < -0.3 is 10.6 Å². The number of carbonyl (C=O) groups excluding carboxylic acids is 1. The Morgan fingerprint density at radius 3 is 3.25 bits per heavy atom. The quantitative estimate of drug-likeness (QED) is 0.908. The monoisotopic (exact) mass is 287 g/mol. The predicted octanol–water partition coefficient (Wildman–Crippen LogP) is 2.47. The van der Waals surface area contributed by atoms with E-state index in [1.165, 1.54) is 5.56 Å². The number of nitrogens with zero attached hydrogens (tertiary/aromatic N) is 1. The topological polar surface area (TPSA) is 54.0 Å². The Labute approximate surface area is 122 Å². The van der Waals surface area contributed by atoms with Crippen LogP contribution in [-0.2, 0) is 12.8 Å². The molecule has 20 heavy (non-hydrogen) atoms. The molecule has 0 bridgehead atoms. The molecule has 2 heterocycles. The molecule has 0 spiro atoms. The molecule has 0 aliphatic carbocycles. The van der Waals surface area contributed by atoms with E-state index in [1.54, 1.807) is 17.5 Å². The molecule has 3 rings (SSSR count). The van der Waals surface area contributed by atoms with E-state index in [1.807, 2.05) is 23.6 Å². The van der Waals surface area contributed by atoms with Crippen LogP contribution in [0.5, 0.6) is 0 Å². The highest BCUT2D eigenvalue weighted by molar-refractivity contribution is 7.09. The average molecular weight is 287 g/mol. The highest BCUT2D eigenvalue weighted by Crippen LogP contribution is 2.22. The molecular weight excluding hydrogens is 270 g/mol. The highest BCUT2D eigenvalue weighted by Gasteiger charge is 2.12. The molecule has 1 aromatic heterocycles. The van der Waals surface area contributed by atoms with Crippen LogP contribution in [0.1, 0.15) is 27.3 Å². The van der Waals surface area contributed by atoms with Crippen molar-refractivity contribution in [3.05, 3.63) is 45.9 Å². The van der Waals surface area contributed by atoms with Crippen molar-refractivity contribution in [2.24, 2.45) is 0 Å². The fraction of sp³-hybridized carbons (Fsp3) is 0.333. The summed E-state index contributed by atoms with van der Waals surface area (Å²) < 4.78 is 0. The number of aryl methyl sites for hydroxylation is 1. The van der Waals surface area contributed by atoms with Gasteiger partial charge in [-0.15, -0.1) is 11.3 Å². The summed E-state index contributed by atoms with van der Waals surface area (Å²) in [6.07, 6.45) is 4.75. The van der Waals surface area contributed by atoms with Gasteiger partial charge in [-0.2, -0.15) is 0 Å². The van der Waals surface area contributed by atoms with Crippen molar-refractivity contribution in [2.45, 2.75) is 19.3 Å². The molecule has 0 unspecified atom stereocenters. The Bertz CT molecular complexity index is 595. The number of nitrogens with one attached hydrogen (secondary N) is 2. The number of hydrogen-bond donors (Lipinski definition) is 2. The van der Waals surface area contributed by atoms with Gasteiger partial charge in [0.25, 0.3) is 5.91 Å². The van der Waals surface area contributed by atoms with Crippen LogP contribution in [0.2, 0.25) is 0 Å². The minimum absolute atomic E-state index is 0.00469. The third-order valence-corrected chi connectivity index (χ3v) is 4.25. The maximum atomic E-state index is 12.1. The third-order valence-electron chi connectivity index (χ3n) is 3.41. The molecule has 0 saturated heterocycles. The zero-order valence-electron chi connectivity index (χ0n) is 11.2. The van der Waals surface area contributed by atoms with Crippen molar-refractivity contribution in [3.8, 4) is 0 Å². The molecule has 2 N–H and O–H groups in total. The van der Waals surface area contributed by atoms with Crippen LogP contribution in [0.25, 0.3) is 0 Å². The largest absolute Gasteiger partial charge is 0.385 e. The van der Waals surface area contributed by atoms with Gasteiger partial charge in [-0.05, 0) is 36.6 Å². The van der Waals surface area contributed by atoms with Crippen LogP contribution in [0.4, 0.5) is 5.69 Å². The lowest BCUT2D eigenvalue weighted by Gasteiger charge is -2.18. The summed E-state index contributed by atoms with van der Waals surface area (Å²) in [6.45, 7) is 1.65. The lowest BCUT2D eigenvalue weighted by molar-refractivity contribution is 0.0954. The molecule has 1 aliphatic heterocycles. The van der Waals surface area contributed by atoms with Gasteiger partial charge in [0.2, 0.25) is 0 Å². The maximum Gasteiger partial charge on any atom is 0.251 e. The molecule has 5 heteroatoms. The fourth-order valence-electron chi connectivity index (χ4n) is 2.38. The van der Waals surface area contributed by atoms with E-state index < -0.39 is 0 Å². The van der Waals surface area contributed by atoms with Crippen LogP contribution in [0.3, 0.4) is 0 Å². The summed E-state index contributed by atoms with van der Waals surface area (Å²) in [5.74, 6) is -0.00469. The smallest absolute Gasteiger partial charge is 0.251 e. The second-order valence-corrected chi connectivity index (χ2v) is 5.81. The number of hydrogen-bond acceptors (Lipinski definition) is 4. The van der Waals surface area contributed by atoms with Crippen LogP contribution in [0, 0.1) is 0 Å². The number of aromatic nitrogens is 1. The number of carbonyl (C=O) groups is 1. The van der Waals surface area contributed by atoms with Crippen molar-refractivity contribution >= 4 is 22.9 Å². The molecule has 104 valence electrons. The van der Waals surface area contributed by atoms with Gasteiger partial charge in [0, 0.05) is 42.3 Å². The molecule has 2 aromatic rings.